The van der Waals surface area contributed by atoms with Crippen molar-refractivity contribution in [3.05, 3.63) is 89.4 Å². The quantitative estimate of drug-likeness (QED) is 0.513. The van der Waals surface area contributed by atoms with E-state index in [4.69, 9.17) is 16.3 Å². The summed E-state index contributed by atoms with van der Waals surface area (Å²) in [6.45, 7) is 0.597. The lowest BCUT2D eigenvalue weighted by Gasteiger charge is -2.17. The van der Waals surface area contributed by atoms with Crippen molar-refractivity contribution < 1.29 is 19.1 Å². The number of nitrogens with zero attached hydrogens (tertiary/aromatic N) is 1. The van der Waals surface area contributed by atoms with Gasteiger partial charge in [0.05, 0.1) is 5.92 Å². The molecule has 0 aliphatic carbocycles. The monoisotopic (exact) mass is 477 g/mol. The molecule has 8 heteroatoms. The first-order valence-electron chi connectivity index (χ1n) is 10.9. The van der Waals surface area contributed by atoms with Gasteiger partial charge in [-0.15, -0.1) is 0 Å². The summed E-state index contributed by atoms with van der Waals surface area (Å²) in [4.78, 5) is 38.7. The largest absolute Gasteiger partial charge is 0.484 e. The average Bonchev–Trinajstić information content (AvgIpc) is 3.25. The Labute approximate surface area is 202 Å². The molecule has 0 bridgehead atoms. The molecule has 1 saturated heterocycles. The number of anilines is 2. The highest BCUT2D eigenvalue weighted by Gasteiger charge is 2.35. The van der Waals surface area contributed by atoms with E-state index in [1.54, 1.807) is 53.4 Å². The number of carbonyl (C=O) groups is 3. The molecule has 1 aliphatic rings. The number of hydrogen-bond donors (Lipinski definition) is 2. The molecule has 4 rings (SSSR count). The number of ether oxygens (including phenoxy) is 1. The number of hydrogen-bond acceptors (Lipinski definition) is 4. The van der Waals surface area contributed by atoms with Gasteiger partial charge in [0.15, 0.2) is 6.61 Å². The Morgan fingerprint density at radius 3 is 2.38 bits per heavy atom. The van der Waals surface area contributed by atoms with Gasteiger partial charge in [-0.3, -0.25) is 14.4 Å². The second kappa shape index (κ2) is 10.9. The van der Waals surface area contributed by atoms with Crippen LogP contribution < -0.4 is 20.3 Å². The van der Waals surface area contributed by atoms with Crippen molar-refractivity contribution >= 4 is 40.7 Å². The summed E-state index contributed by atoms with van der Waals surface area (Å²) >= 11 is 5.84. The Morgan fingerprint density at radius 1 is 0.971 bits per heavy atom. The molecule has 1 fully saturated rings. The number of carbonyl (C=O) groups excluding carboxylic acids is 3. The molecule has 1 heterocycles. The van der Waals surface area contributed by atoms with Gasteiger partial charge in [-0.2, -0.15) is 0 Å². The predicted octanol–water partition coefficient (Wildman–Crippen LogP) is 4.03. The maximum Gasteiger partial charge on any atom is 0.262 e. The van der Waals surface area contributed by atoms with Gasteiger partial charge in [0.1, 0.15) is 5.75 Å². The number of nitrogens with one attached hydrogen (secondary N) is 2. The molecule has 0 radical (unpaired) electrons. The Morgan fingerprint density at radius 2 is 1.68 bits per heavy atom. The summed E-state index contributed by atoms with van der Waals surface area (Å²) in [7, 11) is 0. The maximum absolute atomic E-state index is 12.5. The van der Waals surface area contributed by atoms with Crippen LogP contribution in [0.15, 0.2) is 78.9 Å². The summed E-state index contributed by atoms with van der Waals surface area (Å²) in [5.41, 5.74) is 2.32. The second-order valence-electron chi connectivity index (χ2n) is 7.95. The van der Waals surface area contributed by atoms with Gasteiger partial charge in [0.2, 0.25) is 11.8 Å². The van der Waals surface area contributed by atoms with Gasteiger partial charge in [-0.05, 0) is 54.1 Å². The lowest BCUT2D eigenvalue weighted by Crippen LogP contribution is -2.32. The van der Waals surface area contributed by atoms with Crippen molar-refractivity contribution in [2.45, 2.75) is 13.0 Å². The summed E-state index contributed by atoms with van der Waals surface area (Å²) in [5.74, 6) is -0.435. The number of amides is 3. The molecule has 0 aromatic heterocycles. The zero-order valence-electron chi connectivity index (χ0n) is 18.4. The van der Waals surface area contributed by atoms with Gasteiger partial charge in [-0.1, -0.05) is 41.9 Å². The summed E-state index contributed by atoms with van der Waals surface area (Å²) < 4.78 is 5.54. The third kappa shape index (κ3) is 6.14. The third-order valence-corrected chi connectivity index (χ3v) is 5.70. The number of rotatable bonds is 8. The lowest BCUT2D eigenvalue weighted by molar-refractivity contribution is -0.126. The summed E-state index contributed by atoms with van der Waals surface area (Å²) in [5, 5.41) is 6.22. The van der Waals surface area contributed by atoms with E-state index in [9.17, 15) is 14.4 Å². The van der Waals surface area contributed by atoms with E-state index < -0.39 is 5.92 Å². The summed E-state index contributed by atoms with van der Waals surface area (Å²) in [6, 6.07) is 23.3. The smallest absolute Gasteiger partial charge is 0.262 e. The molecule has 1 atom stereocenters. The second-order valence-corrected chi connectivity index (χ2v) is 8.38. The highest BCUT2D eigenvalue weighted by atomic mass is 35.5. The standard InChI is InChI=1S/C26H24ClN3O4/c27-20-6-8-21(9-7-20)29-24(31)17-34-23-12-10-22(11-13-23)30-16-19(14-25(30)32)26(33)28-15-18-4-2-1-3-5-18/h1-13,19H,14-17H2,(H,28,33)(H,29,31)/t19-/m0/s1. The van der Waals surface area contributed by atoms with Crippen LogP contribution >= 0.6 is 11.6 Å². The topological polar surface area (TPSA) is 87.7 Å². The van der Waals surface area contributed by atoms with Gasteiger partial charge in [-0.25, -0.2) is 0 Å². The van der Waals surface area contributed by atoms with Crippen LogP contribution in [0.25, 0.3) is 0 Å². The minimum Gasteiger partial charge on any atom is -0.484 e. The van der Waals surface area contributed by atoms with Crippen molar-refractivity contribution in [1.82, 2.24) is 5.32 Å². The van der Waals surface area contributed by atoms with E-state index in [1.165, 1.54) is 0 Å². The Balaban J connectivity index is 1.26. The van der Waals surface area contributed by atoms with Crippen molar-refractivity contribution in [2.75, 3.05) is 23.4 Å². The first kappa shape index (κ1) is 23.3. The number of halogens is 1. The van der Waals surface area contributed by atoms with Crippen LogP contribution in [0.1, 0.15) is 12.0 Å². The first-order valence-corrected chi connectivity index (χ1v) is 11.3. The maximum atomic E-state index is 12.5. The van der Waals surface area contributed by atoms with E-state index in [0.717, 1.165) is 5.56 Å². The molecular weight excluding hydrogens is 454 g/mol. The Kier molecular flexibility index (Phi) is 7.44. The number of benzene rings is 3. The fourth-order valence-corrected chi connectivity index (χ4v) is 3.79. The molecule has 2 N–H and O–H groups in total. The highest BCUT2D eigenvalue weighted by molar-refractivity contribution is 6.30. The molecule has 0 unspecified atom stereocenters. The Bertz CT molecular complexity index is 1150. The average molecular weight is 478 g/mol. The minimum absolute atomic E-state index is 0.101. The highest BCUT2D eigenvalue weighted by Crippen LogP contribution is 2.27. The molecule has 174 valence electrons. The predicted molar refractivity (Wildman–Crippen MR) is 131 cm³/mol. The molecule has 7 nitrogen and oxygen atoms in total. The molecule has 34 heavy (non-hydrogen) atoms. The van der Waals surface area contributed by atoms with E-state index in [-0.39, 0.29) is 30.7 Å². The van der Waals surface area contributed by atoms with E-state index in [2.05, 4.69) is 10.6 Å². The molecule has 1 aliphatic heterocycles. The zero-order valence-corrected chi connectivity index (χ0v) is 19.1. The molecule has 3 amide bonds. The minimum atomic E-state index is -0.399. The molecule has 3 aromatic carbocycles. The normalized spacial score (nSPS) is 15.1. The molecule has 3 aromatic rings. The van der Waals surface area contributed by atoms with E-state index >= 15 is 0 Å². The van der Waals surface area contributed by atoms with Gasteiger partial charge < -0.3 is 20.3 Å². The van der Waals surface area contributed by atoms with Gasteiger partial charge >= 0.3 is 0 Å². The Hall–Kier alpha value is -3.84. The zero-order chi connectivity index (χ0) is 23.9. The fraction of sp³-hybridized carbons (Fsp3) is 0.192. The van der Waals surface area contributed by atoms with Crippen LogP contribution in [0.4, 0.5) is 11.4 Å². The van der Waals surface area contributed by atoms with E-state index in [0.29, 0.717) is 35.2 Å². The van der Waals surface area contributed by atoms with Crippen LogP contribution in [-0.2, 0) is 20.9 Å². The van der Waals surface area contributed by atoms with Crippen LogP contribution in [0.2, 0.25) is 5.02 Å². The van der Waals surface area contributed by atoms with Crippen molar-refractivity contribution in [1.29, 1.82) is 0 Å². The SMILES string of the molecule is O=C(COc1ccc(N2C[C@@H](C(=O)NCc3ccccc3)CC2=O)cc1)Nc1ccc(Cl)cc1. The van der Waals surface area contributed by atoms with Crippen LogP contribution in [0, 0.1) is 5.92 Å². The van der Waals surface area contributed by atoms with Crippen molar-refractivity contribution in [3.63, 3.8) is 0 Å². The molecule has 0 saturated carbocycles. The van der Waals surface area contributed by atoms with Gasteiger partial charge in [0.25, 0.3) is 5.91 Å². The van der Waals surface area contributed by atoms with E-state index in [1.807, 2.05) is 30.3 Å². The van der Waals surface area contributed by atoms with Crippen molar-refractivity contribution in [2.24, 2.45) is 5.92 Å². The van der Waals surface area contributed by atoms with Gasteiger partial charge in [0, 0.05) is 35.9 Å². The molecular formula is C26H24ClN3O4. The van der Waals surface area contributed by atoms with Crippen LogP contribution in [-0.4, -0.2) is 30.9 Å². The summed E-state index contributed by atoms with van der Waals surface area (Å²) in [6.07, 6.45) is 0.170. The first-order chi connectivity index (χ1) is 16.5. The van der Waals surface area contributed by atoms with Crippen LogP contribution in [0.3, 0.4) is 0 Å². The lowest BCUT2D eigenvalue weighted by atomic mass is 10.1. The fourth-order valence-electron chi connectivity index (χ4n) is 3.66. The third-order valence-electron chi connectivity index (χ3n) is 5.45. The van der Waals surface area contributed by atoms with Crippen LogP contribution in [0.5, 0.6) is 5.75 Å². The van der Waals surface area contributed by atoms with Crippen molar-refractivity contribution in [3.8, 4) is 5.75 Å². The molecule has 0 spiro atoms.